The Morgan fingerprint density at radius 3 is 1.24 bits per heavy atom. The van der Waals surface area contributed by atoms with Gasteiger partial charge in [-0.15, -0.1) is 39.4 Å². The van der Waals surface area contributed by atoms with E-state index < -0.39 is 0 Å². The molecular weight excluding hydrogens is 957 g/mol. The van der Waals surface area contributed by atoms with Gasteiger partial charge in [-0.1, -0.05) is 162 Å². The maximum absolute atomic E-state index is 7.23. The van der Waals surface area contributed by atoms with Crippen LogP contribution < -0.4 is 27.3 Å². The first kappa shape index (κ1) is 47.3. The second-order valence-corrected chi connectivity index (χ2v) is 21.0. The first-order chi connectivity index (χ1) is 38.9. The van der Waals surface area contributed by atoms with E-state index in [4.69, 9.17) is 78.5 Å². The van der Waals surface area contributed by atoms with E-state index in [0.717, 1.165) is 142 Å². The van der Waals surface area contributed by atoms with E-state index in [1.54, 1.807) is 0 Å². The minimum atomic E-state index is 0.0503. The molecule has 20 radical (unpaired) electrons. The van der Waals surface area contributed by atoms with Crippen LogP contribution in [0.4, 0.5) is 0 Å². The molecule has 14 heteroatoms. The molecule has 0 atom stereocenters. The fraction of sp³-hybridized carbons (Fsp3) is 0. The van der Waals surface area contributed by atoms with E-state index in [1.165, 1.54) is 0 Å². The van der Waals surface area contributed by atoms with Gasteiger partial charge in [-0.3, -0.25) is 0 Å². The Kier molecular flexibility index (Phi) is 9.85. The van der Waals surface area contributed by atoms with Gasteiger partial charge in [0.25, 0.3) is 0 Å². The molecule has 80 heavy (non-hydrogen) atoms. The Balaban J connectivity index is 1.15. The highest BCUT2D eigenvalue weighted by molar-refractivity contribution is 6.68. The van der Waals surface area contributed by atoms with Gasteiger partial charge in [-0.2, -0.15) is 0 Å². The summed E-state index contributed by atoms with van der Waals surface area (Å²) < 4.78 is 9.10. The van der Waals surface area contributed by atoms with Gasteiger partial charge in [-0.05, 0) is 41.0 Å². The summed E-state index contributed by atoms with van der Waals surface area (Å²) in [7, 11) is 66.9. The van der Waals surface area contributed by atoms with Crippen molar-refractivity contribution in [3.05, 3.63) is 198 Å². The third-order valence-corrected chi connectivity index (χ3v) is 17.1. The molecule has 0 amide bonds. The van der Waals surface area contributed by atoms with Crippen molar-refractivity contribution in [3.63, 3.8) is 0 Å². The fourth-order valence-corrected chi connectivity index (χ4v) is 13.7. The molecule has 0 N–H and O–H groups in total. The first-order valence-corrected chi connectivity index (χ1v) is 26.2. The molecule has 0 aliphatic carbocycles. The van der Waals surface area contributed by atoms with Gasteiger partial charge >= 0.3 is 0 Å². The number of benzene rings is 10. The summed E-state index contributed by atoms with van der Waals surface area (Å²) >= 11 is 0. The number of hydrogen-bond donors (Lipinski definition) is 0. The summed E-state index contributed by atoms with van der Waals surface area (Å²) in [5, 5.41) is 12.6. The molecule has 4 nitrogen and oxygen atoms in total. The van der Waals surface area contributed by atoms with Crippen LogP contribution in [0.25, 0.3) is 153 Å². The molecule has 0 bridgehead atoms. The number of rotatable bonds is 6. The topological polar surface area (TPSA) is 18.7 Å². The van der Waals surface area contributed by atoms with E-state index in [1.807, 2.05) is 34.9 Å². The van der Waals surface area contributed by atoms with Crippen LogP contribution in [-0.4, -0.2) is 96.4 Å². The van der Waals surface area contributed by atoms with E-state index in [0.29, 0.717) is 5.69 Å². The van der Waals surface area contributed by atoms with E-state index in [2.05, 4.69) is 159 Å². The minimum absolute atomic E-state index is 0.0503. The van der Waals surface area contributed by atoms with Gasteiger partial charge in [0, 0.05) is 81.4 Å². The highest BCUT2D eigenvalue weighted by Crippen LogP contribution is 2.55. The normalized spacial score (nSPS) is 13.2. The van der Waals surface area contributed by atoms with Crippen molar-refractivity contribution in [1.29, 1.82) is 0 Å². The molecule has 0 spiro atoms. The Bertz CT molecular complexity index is 5520. The van der Waals surface area contributed by atoms with Crippen LogP contribution in [0, 0.1) is 0 Å². The highest BCUT2D eigenvalue weighted by atomic mass is 15.0. The van der Waals surface area contributed by atoms with Gasteiger partial charge in [0.15, 0.2) is 0 Å². The second-order valence-electron chi connectivity index (χ2n) is 21.0. The third-order valence-electron chi connectivity index (χ3n) is 17.1. The quantitative estimate of drug-likeness (QED) is 0.117. The molecule has 344 valence electrons. The van der Waals surface area contributed by atoms with Crippen LogP contribution >= 0.6 is 0 Å². The molecule has 10 aromatic carbocycles. The van der Waals surface area contributed by atoms with Crippen molar-refractivity contribution in [2.45, 2.75) is 0 Å². The summed E-state index contributed by atoms with van der Waals surface area (Å²) in [6.07, 6.45) is 0. The Labute approximate surface area is 472 Å². The van der Waals surface area contributed by atoms with Gasteiger partial charge in [-0.25, -0.2) is 0 Å². The molecule has 0 saturated carbocycles. The van der Waals surface area contributed by atoms with Crippen LogP contribution in [0.1, 0.15) is 0 Å². The molecule has 16 rings (SSSR count). The summed E-state index contributed by atoms with van der Waals surface area (Å²) in [5.74, 6) is 0. The number of para-hydroxylation sites is 4. The monoisotopic (exact) mass is 988 g/mol. The number of aromatic nitrogens is 4. The molecule has 6 aromatic heterocycles. The maximum Gasteiger partial charge on any atom is 0.138 e. The van der Waals surface area contributed by atoms with Gasteiger partial charge in [0.05, 0.1) is 55.2 Å². The summed E-state index contributed by atoms with van der Waals surface area (Å²) in [5.41, 5.74) is 16.2. The largest absolute Gasteiger partial charge is 0.323 e. The predicted molar refractivity (Wildman–Crippen MR) is 349 cm³/mol. The molecule has 0 fully saturated rings. The van der Waals surface area contributed by atoms with Crippen LogP contribution in [0.15, 0.2) is 198 Å². The van der Waals surface area contributed by atoms with Crippen LogP contribution in [-0.2, 0) is 0 Å². The fourth-order valence-electron chi connectivity index (χ4n) is 13.7. The molecule has 6 heterocycles. The molecular formula is C66H30B10N4. The Hall–Kier alpha value is -8.73. The third kappa shape index (κ3) is 5.83. The lowest BCUT2D eigenvalue weighted by Gasteiger charge is -2.23. The van der Waals surface area contributed by atoms with Crippen molar-refractivity contribution in [2.75, 3.05) is 0 Å². The number of hydrogen-bond acceptors (Lipinski definition) is 0. The minimum Gasteiger partial charge on any atom is -0.323 e. The van der Waals surface area contributed by atoms with E-state index in [-0.39, 0.29) is 54.8 Å². The van der Waals surface area contributed by atoms with Gasteiger partial charge in [0.2, 0.25) is 0 Å². The van der Waals surface area contributed by atoms with Crippen molar-refractivity contribution in [2.24, 2.45) is 0 Å². The zero-order chi connectivity index (χ0) is 54.5. The van der Waals surface area contributed by atoms with Crippen LogP contribution in [0.5, 0.6) is 0 Å². The first-order valence-electron chi connectivity index (χ1n) is 26.2. The zero-order valence-corrected chi connectivity index (χ0v) is 42.9. The zero-order valence-electron chi connectivity index (χ0n) is 42.9. The van der Waals surface area contributed by atoms with Crippen molar-refractivity contribution in [3.8, 4) is 27.9 Å². The van der Waals surface area contributed by atoms with E-state index >= 15 is 0 Å². The van der Waals surface area contributed by atoms with Gasteiger partial charge in [0.1, 0.15) is 78.5 Å². The average molecular weight is 987 g/mol. The molecule has 0 aliphatic rings. The standard InChI is InChI=1S/C66H30B10N4/c1-30(67)51(68)52(69)58(75)66(76)80-42-25-11-9-19-34(42)36-27-29-44-48(62(36)80)38-21-13-23-40-50-45(31-14-4-2-5-15-31)63-49(46(32-16-6-3-7-17-32)64(50)79(44)60(38)40)39-22-12-20-37-47-43(78(63)59(37)39)28-26-35-33-18-8-10-24-41(33)77(61(35)47)65-56(73)54(71)53(70)55(72)57(65)74/h2-29H,1H2/b52-51-,66-58-. The average Bonchev–Trinajstić information content (AvgIpc) is 2.14. The summed E-state index contributed by atoms with van der Waals surface area (Å²) in [6.45, 7) is 3.81. The lowest BCUT2D eigenvalue weighted by molar-refractivity contribution is 1.22. The van der Waals surface area contributed by atoms with Crippen LogP contribution in [0.3, 0.4) is 0 Å². The lowest BCUT2D eigenvalue weighted by Crippen LogP contribution is -2.56. The molecule has 0 aliphatic heterocycles. The summed E-state index contributed by atoms with van der Waals surface area (Å²) in [4.78, 5) is 0. The smallest absolute Gasteiger partial charge is 0.138 e. The number of fused-ring (bicyclic) bond motifs is 20. The van der Waals surface area contributed by atoms with Crippen molar-refractivity contribution in [1.82, 2.24) is 17.9 Å². The van der Waals surface area contributed by atoms with Crippen molar-refractivity contribution >= 4 is 231 Å². The summed E-state index contributed by atoms with van der Waals surface area (Å²) in [6, 6.07) is 60.1. The number of nitrogens with zero attached hydrogens (tertiary/aromatic N) is 4. The Morgan fingerprint density at radius 2 is 0.725 bits per heavy atom. The molecule has 0 unspecified atom stereocenters. The second kappa shape index (κ2) is 16.7. The predicted octanol–water partition coefficient (Wildman–Crippen LogP) is 9.19. The van der Waals surface area contributed by atoms with E-state index in [9.17, 15) is 0 Å². The maximum atomic E-state index is 7.23. The van der Waals surface area contributed by atoms with Crippen molar-refractivity contribution < 1.29 is 0 Å². The molecule has 16 aromatic rings. The van der Waals surface area contributed by atoms with Gasteiger partial charge < -0.3 is 17.9 Å². The highest BCUT2D eigenvalue weighted by Gasteiger charge is 2.33. The number of allylic oxidation sites excluding steroid dienone is 4. The lowest BCUT2D eigenvalue weighted by atomic mass is 9.61. The molecule has 0 saturated heterocycles. The SMILES string of the molecule is [B]C(=C)/C([B])=C([B])\C([B])=C(/[B])n1c2ccccc2c2ccc3c(c4cccc5c6c(-c7ccccc7)c7c(c(-c8ccccc8)c6n3c54)c3cccc4c5c6c(ccc5n7c34)c3ccccc3n6-c3c([B])c([B])c([B])c([B])c3[B])c21. The van der Waals surface area contributed by atoms with Crippen LogP contribution in [0.2, 0.25) is 0 Å². The Morgan fingerprint density at radius 1 is 0.312 bits per heavy atom.